The van der Waals surface area contributed by atoms with E-state index >= 15 is 0 Å². The molecule has 1 rings (SSSR count). The lowest BCUT2D eigenvalue weighted by atomic mass is 10.0. The number of rotatable bonds is 15. The van der Waals surface area contributed by atoms with Crippen molar-refractivity contribution in [1.82, 2.24) is 0 Å². The second kappa shape index (κ2) is 15.3. The topological polar surface area (TPSA) is 29.3 Å². The maximum atomic E-state index is 5.99. The second-order valence-electron chi connectivity index (χ2n) is 6.81. The smallest absolute Gasteiger partial charge is 0.0568 e. The first-order valence-corrected chi connectivity index (χ1v) is 10.1. The zero-order valence-corrected chi connectivity index (χ0v) is 15.8. The van der Waals surface area contributed by atoms with E-state index in [2.05, 4.69) is 13.0 Å². The number of para-hydroxylation sites is 1. The van der Waals surface area contributed by atoms with E-state index in [1.54, 1.807) is 5.01 Å². The third-order valence-electron chi connectivity index (χ3n) is 4.54. The van der Waals surface area contributed by atoms with Gasteiger partial charge in [0.2, 0.25) is 0 Å². The quantitative estimate of drug-likeness (QED) is 0.214. The molecule has 0 spiro atoms. The molecular formula is C22H38N2. The van der Waals surface area contributed by atoms with Gasteiger partial charge >= 0.3 is 0 Å². The van der Waals surface area contributed by atoms with Crippen LogP contribution in [0.5, 0.6) is 0 Å². The Morgan fingerprint density at radius 3 is 1.79 bits per heavy atom. The van der Waals surface area contributed by atoms with Crippen molar-refractivity contribution < 1.29 is 0 Å². The van der Waals surface area contributed by atoms with Crippen molar-refractivity contribution >= 4 is 5.69 Å². The molecule has 0 saturated carbocycles. The van der Waals surface area contributed by atoms with Gasteiger partial charge in [-0.25, -0.2) is 5.84 Å². The van der Waals surface area contributed by atoms with E-state index in [4.69, 9.17) is 5.84 Å². The molecule has 0 heterocycles. The molecule has 0 aromatic heterocycles. The highest BCUT2D eigenvalue weighted by Crippen LogP contribution is 2.13. The van der Waals surface area contributed by atoms with Crippen molar-refractivity contribution in [2.24, 2.45) is 5.84 Å². The minimum atomic E-state index is 1.03. The van der Waals surface area contributed by atoms with Crippen LogP contribution in [0.1, 0.15) is 90.4 Å². The summed E-state index contributed by atoms with van der Waals surface area (Å²) in [6.45, 7) is 2.28. The number of unbranched alkanes of at least 4 members (excludes halogenated alkanes) is 12. The summed E-state index contributed by atoms with van der Waals surface area (Å²) in [5, 5.41) is 1.69. The normalized spacial score (nSPS) is 11.2. The van der Waals surface area contributed by atoms with Crippen molar-refractivity contribution in [3.63, 3.8) is 0 Å². The molecule has 136 valence electrons. The van der Waals surface area contributed by atoms with Gasteiger partial charge in [0.1, 0.15) is 0 Å². The van der Waals surface area contributed by atoms with Crippen LogP contribution in [0.25, 0.3) is 0 Å². The third-order valence-corrected chi connectivity index (χ3v) is 4.54. The predicted octanol–water partition coefficient (Wildman–Crippen LogP) is 6.97. The molecule has 2 nitrogen and oxygen atoms in total. The van der Waals surface area contributed by atoms with E-state index in [9.17, 15) is 0 Å². The number of nitrogens with zero attached hydrogens (tertiary/aromatic N) is 1. The molecule has 0 atom stereocenters. The average molecular weight is 331 g/mol. The minimum absolute atomic E-state index is 1.03. The largest absolute Gasteiger partial charge is 0.287 e. The Labute approximate surface area is 150 Å². The first kappa shape index (κ1) is 20.8. The first-order valence-electron chi connectivity index (χ1n) is 10.1. The van der Waals surface area contributed by atoms with Crippen LogP contribution in [0.15, 0.2) is 42.6 Å². The van der Waals surface area contributed by atoms with Crippen molar-refractivity contribution in [3.05, 3.63) is 42.6 Å². The van der Waals surface area contributed by atoms with Crippen molar-refractivity contribution in [2.45, 2.75) is 90.4 Å². The molecule has 1 aromatic carbocycles. The van der Waals surface area contributed by atoms with Gasteiger partial charge in [-0.1, -0.05) is 102 Å². The van der Waals surface area contributed by atoms with Crippen LogP contribution in [-0.4, -0.2) is 0 Å². The highest BCUT2D eigenvalue weighted by atomic mass is 15.4. The maximum absolute atomic E-state index is 5.99. The molecule has 1 aromatic rings. The Morgan fingerprint density at radius 2 is 1.25 bits per heavy atom. The van der Waals surface area contributed by atoms with Crippen LogP contribution >= 0.6 is 0 Å². The van der Waals surface area contributed by atoms with E-state index in [-0.39, 0.29) is 0 Å². The van der Waals surface area contributed by atoms with Gasteiger partial charge in [0.05, 0.1) is 5.69 Å². The number of hydrogen-bond donors (Lipinski definition) is 1. The summed E-state index contributed by atoms with van der Waals surface area (Å²) in [5.74, 6) is 5.99. The van der Waals surface area contributed by atoms with Crippen LogP contribution < -0.4 is 10.9 Å². The highest BCUT2D eigenvalue weighted by Gasteiger charge is 1.95. The Balaban J connectivity index is 1.86. The summed E-state index contributed by atoms with van der Waals surface area (Å²) in [7, 11) is 0. The van der Waals surface area contributed by atoms with Gasteiger partial charge in [-0.3, -0.25) is 5.01 Å². The van der Waals surface area contributed by atoms with Crippen molar-refractivity contribution in [1.29, 1.82) is 0 Å². The van der Waals surface area contributed by atoms with Crippen LogP contribution in [0.2, 0.25) is 0 Å². The standard InChI is InChI=1S/C22H38N2/c1-2-3-4-5-6-7-8-9-10-11-12-13-14-18-21-24(23)22-19-16-15-17-20-22/h15-21H,2-14,23H2,1H3/b21-18+. The second-order valence-corrected chi connectivity index (χ2v) is 6.81. The third kappa shape index (κ3) is 11.3. The van der Waals surface area contributed by atoms with Gasteiger partial charge in [-0.15, -0.1) is 0 Å². The number of nitrogens with two attached hydrogens (primary N) is 1. The summed E-state index contributed by atoms with van der Waals surface area (Å²) < 4.78 is 0. The Bertz CT molecular complexity index is 400. The van der Waals surface area contributed by atoms with Gasteiger partial charge in [-0.2, -0.15) is 0 Å². The summed E-state index contributed by atoms with van der Waals surface area (Å²) in [6.07, 6.45) is 22.1. The van der Waals surface area contributed by atoms with E-state index in [0.717, 1.165) is 12.1 Å². The molecule has 24 heavy (non-hydrogen) atoms. The highest BCUT2D eigenvalue weighted by molar-refractivity contribution is 5.46. The Morgan fingerprint density at radius 1 is 0.750 bits per heavy atom. The fourth-order valence-electron chi connectivity index (χ4n) is 2.98. The van der Waals surface area contributed by atoms with Crippen molar-refractivity contribution in [2.75, 3.05) is 5.01 Å². The minimum Gasteiger partial charge on any atom is -0.287 e. The SMILES string of the molecule is CCCCCCCCCCCCCC/C=C/N(N)c1ccccc1. The van der Waals surface area contributed by atoms with Crippen LogP contribution in [-0.2, 0) is 0 Å². The van der Waals surface area contributed by atoms with Crippen LogP contribution in [0.4, 0.5) is 5.69 Å². The lowest BCUT2D eigenvalue weighted by Crippen LogP contribution is -2.23. The summed E-state index contributed by atoms with van der Waals surface area (Å²) in [5.41, 5.74) is 1.03. The molecule has 0 aliphatic carbocycles. The van der Waals surface area contributed by atoms with E-state index < -0.39 is 0 Å². The Kier molecular flexibility index (Phi) is 13.2. The number of allylic oxidation sites excluding steroid dienone is 1. The van der Waals surface area contributed by atoms with Gasteiger partial charge in [-0.05, 0) is 25.0 Å². The molecule has 2 N–H and O–H groups in total. The molecular weight excluding hydrogens is 292 g/mol. The lowest BCUT2D eigenvalue weighted by molar-refractivity contribution is 0.545. The molecule has 0 fully saturated rings. The number of benzene rings is 1. The summed E-state index contributed by atoms with van der Waals surface area (Å²) in [6, 6.07) is 10.1. The van der Waals surface area contributed by atoms with Crippen molar-refractivity contribution in [3.8, 4) is 0 Å². The average Bonchev–Trinajstić information content (AvgIpc) is 2.62. The van der Waals surface area contributed by atoms with Gasteiger partial charge in [0, 0.05) is 6.20 Å². The zero-order valence-electron chi connectivity index (χ0n) is 15.8. The maximum Gasteiger partial charge on any atom is 0.0568 e. The van der Waals surface area contributed by atoms with Gasteiger partial charge < -0.3 is 0 Å². The number of anilines is 1. The monoisotopic (exact) mass is 330 g/mol. The lowest BCUT2D eigenvalue weighted by Gasteiger charge is -2.12. The van der Waals surface area contributed by atoms with E-state index in [1.807, 2.05) is 36.5 Å². The predicted molar refractivity (Wildman–Crippen MR) is 108 cm³/mol. The summed E-state index contributed by atoms with van der Waals surface area (Å²) >= 11 is 0. The molecule has 0 aliphatic heterocycles. The molecule has 0 bridgehead atoms. The molecule has 0 unspecified atom stereocenters. The number of hydrazine groups is 1. The van der Waals surface area contributed by atoms with Crippen LogP contribution in [0, 0.1) is 0 Å². The molecule has 0 saturated heterocycles. The Hall–Kier alpha value is -1.28. The van der Waals surface area contributed by atoms with E-state index in [1.165, 1.54) is 77.0 Å². The molecule has 0 amide bonds. The van der Waals surface area contributed by atoms with Crippen LogP contribution in [0.3, 0.4) is 0 Å². The number of hydrogen-bond acceptors (Lipinski definition) is 2. The fraction of sp³-hybridized carbons (Fsp3) is 0.636. The fourth-order valence-corrected chi connectivity index (χ4v) is 2.98. The molecule has 2 heteroatoms. The molecule has 0 aliphatic rings. The summed E-state index contributed by atoms with van der Waals surface area (Å²) in [4.78, 5) is 0. The zero-order chi connectivity index (χ0) is 17.3. The van der Waals surface area contributed by atoms with Gasteiger partial charge in [0.15, 0.2) is 0 Å². The first-order chi connectivity index (χ1) is 11.8. The van der Waals surface area contributed by atoms with Gasteiger partial charge in [0.25, 0.3) is 0 Å². The molecule has 0 radical (unpaired) electrons. The van der Waals surface area contributed by atoms with E-state index in [0.29, 0.717) is 0 Å².